The van der Waals surface area contributed by atoms with Crippen molar-refractivity contribution in [1.29, 1.82) is 0 Å². The molecule has 0 aliphatic heterocycles. The van der Waals surface area contributed by atoms with Gasteiger partial charge in [0.15, 0.2) is 0 Å². The lowest BCUT2D eigenvalue weighted by Gasteiger charge is -1.99. The van der Waals surface area contributed by atoms with E-state index in [4.69, 9.17) is 11.6 Å². The van der Waals surface area contributed by atoms with Crippen LogP contribution in [0.3, 0.4) is 0 Å². The molecule has 1 aromatic carbocycles. The maximum atomic E-state index is 13.1. The topological polar surface area (TPSA) is 12.9 Å². The quantitative estimate of drug-likeness (QED) is 0.609. The number of hydrogen-bond acceptors (Lipinski definition) is 1. The van der Waals surface area contributed by atoms with E-state index in [0.29, 0.717) is 15.8 Å². The molecule has 60 valence electrons. The second-order valence-electron chi connectivity index (χ2n) is 2.45. The standard InChI is InChI=1S/C9H5ClFN/c10-8-1-2-9(11)6-3-4-12-5-7(6)8/h1-5H. The molecule has 0 fully saturated rings. The predicted octanol–water partition coefficient (Wildman–Crippen LogP) is 3.03. The number of pyridine rings is 1. The Balaban J connectivity index is 2.95. The fourth-order valence-electron chi connectivity index (χ4n) is 1.12. The highest BCUT2D eigenvalue weighted by atomic mass is 35.5. The Morgan fingerprint density at radius 2 is 2.00 bits per heavy atom. The molecule has 0 bridgehead atoms. The van der Waals surface area contributed by atoms with Crippen molar-refractivity contribution in [3.05, 3.63) is 41.4 Å². The molecule has 0 aliphatic rings. The smallest absolute Gasteiger partial charge is 0.131 e. The first-order valence-electron chi connectivity index (χ1n) is 3.47. The Morgan fingerprint density at radius 3 is 2.75 bits per heavy atom. The third kappa shape index (κ3) is 1.04. The van der Waals surface area contributed by atoms with E-state index in [1.807, 2.05) is 0 Å². The van der Waals surface area contributed by atoms with Gasteiger partial charge in [0.05, 0.1) is 5.02 Å². The average molecular weight is 182 g/mol. The van der Waals surface area contributed by atoms with Crippen molar-refractivity contribution >= 4 is 22.4 Å². The van der Waals surface area contributed by atoms with Crippen molar-refractivity contribution in [1.82, 2.24) is 4.98 Å². The fraction of sp³-hybridized carbons (Fsp3) is 0. The van der Waals surface area contributed by atoms with Gasteiger partial charge in [-0.3, -0.25) is 4.98 Å². The van der Waals surface area contributed by atoms with Gasteiger partial charge in [-0.15, -0.1) is 0 Å². The highest BCUT2D eigenvalue weighted by molar-refractivity contribution is 6.35. The number of benzene rings is 1. The molecule has 3 heteroatoms. The maximum absolute atomic E-state index is 13.1. The lowest BCUT2D eigenvalue weighted by atomic mass is 10.2. The van der Waals surface area contributed by atoms with Crippen LogP contribution in [0.5, 0.6) is 0 Å². The molecular weight excluding hydrogens is 177 g/mol. The van der Waals surface area contributed by atoms with Crippen LogP contribution < -0.4 is 0 Å². The molecule has 0 saturated heterocycles. The second-order valence-corrected chi connectivity index (χ2v) is 2.86. The lowest BCUT2D eigenvalue weighted by molar-refractivity contribution is 0.640. The van der Waals surface area contributed by atoms with Crippen LogP contribution in [0.4, 0.5) is 4.39 Å². The van der Waals surface area contributed by atoms with Gasteiger partial charge < -0.3 is 0 Å². The molecular formula is C9H5ClFN. The number of nitrogens with zero attached hydrogens (tertiary/aromatic N) is 1. The zero-order valence-electron chi connectivity index (χ0n) is 6.09. The van der Waals surface area contributed by atoms with Crippen LogP contribution in [0.1, 0.15) is 0 Å². The zero-order valence-corrected chi connectivity index (χ0v) is 6.85. The van der Waals surface area contributed by atoms with Gasteiger partial charge in [0, 0.05) is 23.2 Å². The molecule has 1 nitrogen and oxygen atoms in total. The van der Waals surface area contributed by atoms with E-state index in [2.05, 4.69) is 4.98 Å². The molecule has 2 rings (SSSR count). The highest BCUT2D eigenvalue weighted by Gasteiger charge is 2.02. The summed E-state index contributed by atoms with van der Waals surface area (Å²) < 4.78 is 13.1. The van der Waals surface area contributed by atoms with Crippen LogP contribution >= 0.6 is 11.6 Å². The summed E-state index contributed by atoms with van der Waals surface area (Å²) in [6.07, 6.45) is 3.10. The maximum Gasteiger partial charge on any atom is 0.131 e. The van der Waals surface area contributed by atoms with Crippen LogP contribution in [0.25, 0.3) is 10.8 Å². The molecule has 0 saturated carbocycles. The van der Waals surface area contributed by atoms with E-state index in [0.717, 1.165) is 0 Å². The monoisotopic (exact) mass is 181 g/mol. The van der Waals surface area contributed by atoms with Gasteiger partial charge in [0.2, 0.25) is 0 Å². The van der Waals surface area contributed by atoms with E-state index >= 15 is 0 Å². The van der Waals surface area contributed by atoms with Crippen molar-refractivity contribution < 1.29 is 4.39 Å². The summed E-state index contributed by atoms with van der Waals surface area (Å²) >= 11 is 5.82. The largest absolute Gasteiger partial charge is 0.264 e. The highest BCUT2D eigenvalue weighted by Crippen LogP contribution is 2.24. The van der Waals surface area contributed by atoms with E-state index < -0.39 is 0 Å². The van der Waals surface area contributed by atoms with Crippen LogP contribution in [0.2, 0.25) is 5.02 Å². The molecule has 1 heterocycles. The summed E-state index contributed by atoms with van der Waals surface area (Å²) in [5, 5.41) is 1.69. The van der Waals surface area contributed by atoms with Gasteiger partial charge in [0.25, 0.3) is 0 Å². The third-order valence-electron chi connectivity index (χ3n) is 1.71. The minimum Gasteiger partial charge on any atom is -0.264 e. The Hall–Kier alpha value is -1.15. The summed E-state index contributed by atoms with van der Waals surface area (Å²) in [6, 6.07) is 4.49. The average Bonchev–Trinajstić information content (AvgIpc) is 2.12. The minimum atomic E-state index is -0.267. The van der Waals surface area contributed by atoms with Gasteiger partial charge >= 0.3 is 0 Å². The Kier molecular flexibility index (Phi) is 1.70. The van der Waals surface area contributed by atoms with Crippen LogP contribution in [0.15, 0.2) is 30.6 Å². The van der Waals surface area contributed by atoms with E-state index in [9.17, 15) is 4.39 Å². The molecule has 0 amide bonds. The first-order valence-corrected chi connectivity index (χ1v) is 3.84. The van der Waals surface area contributed by atoms with Gasteiger partial charge in [-0.1, -0.05) is 11.6 Å². The van der Waals surface area contributed by atoms with E-state index in [-0.39, 0.29) is 5.82 Å². The SMILES string of the molecule is Fc1ccc(Cl)c2cnccc12. The minimum absolute atomic E-state index is 0.267. The normalized spacial score (nSPS) is 10.5. The first-order chi connectivity index (χ1) is 5.79. The lowest BCUT2D eigenvalue weighted by Crippen LogP contribution is -1.81. The molecule has 0 unspecified atom stereocenters. The van der Waals surface area contributed by atoms with E-state index in [1.165, 1.54) is 12.1 Å². The van der Waals surface area contributed by atoms with Crippen LogP contribution in [-0.4, -0.2) is 4.98 Å². The van der Waals surface area contributed by atoms with Gasteiger partial charge in [0.1, 0.15) is 5.82 Å². The molecule has 1 aromatic heterocycles. The number of rotatable bonds is 0. The fourth-order valence-corrected chi connectivity index (χ4v) is 1.33. The summed E-state index contributed by atoms with van der Waals surface area (Å²) in [5.74, 6) is -0.267. The van der Waals surface area contributed by atoms with Crippen molar-refractivity contribution in [3.8, 4) is 0 Å². The number of hydrogen-bond donors (Lipinski definition) is 0. The number of fused-ring (bicyclic) bond motifs is 1. The van der Waals surface area contributed by atoms with E-state index in [1.54, 1.807) is 18.5 Å². The Labute approximate surface area is 73.8 Å². The number of aromatic nitrogens is 1. The van der Waals surface area contributed by atoms with Crippen molar-refractivity contribution in [2.75, 3.05) is 0 Å². The summed E-state index contributed by atoms with van der Waals surface area (Å²) in [7, 11) is 0. The van der Waals surface area contributed by atoms with Crippen molar-refractivity contribution in [2.24, 2.45) is 0 Å². The molecule has 0 atom stereocenters. The van der Waals surface area contributed by atoms with Crippen molar-refractivity contribution in [3.63, 3.8) is 0 Å². The molecule has 2 aromatic rings. The molecule has 0 aliphatic carbocycles. The third-order valence-corrected chi connectivity index (χ3v) is 2.04. The molecule has 0 spiro atoms. The molecule has 0 radical (unpaired) electrons. The molecule has 0 N–H and O–H groups in total. The van der Waals surface area contributed by atoms with Crippen molar-refractivity contribution in [2.45, 2.75) is 0 Å². The summed E-state index contributed by atoms with van der Waals surface area (Å²) in [6.45, 7) is 0. The summed E-state index contributed by atoms with van der Waals surface area (Å²) in [4.78, 5) is 3.86. The molecule has 12 heavy (non-hydrogen) atoms. The van der Waals surface area contributed by atoms with Crippen LogP contribution in [0, 0.1) is 5.82 Å². The predicted molar refractivity (Wildman–Crippen MR) is 46.7 cm³/mol. The van der Waals surface area contributed by atoms with Crippen LogP contribution in [-0.2, 0) is 0 Å². The zero-order chi connectivity index (χ0) is 8.55. The van der Waals surface area contributed by atoms with Gasteiger partial charge in [-0.2, -0.15) is 0 Å². The number of halogens is 2. The second kappa shape index (κ2) is 2.72. The Bertz CT molecular complexity index is 387. The summed E-state index contributed by atoms with van der Waals surface area (Å²) in [5.41, 5.74) is 0. The van der Waals surface area contributed by atoms with Gasteiger partial charge in [-0.05, 0) is 18.2 Å². The first kappa shape index (κ1) is 7.50. The van der Waals surface area contributed by atoms with Gasteiger partial charge in [-0.25, -0.2) is 4.39 Å². The Morgan fingerprint density at radius 1 is 1.17 bits per heavy atom.